The van der Waals surface area contributed by atoms with E-state index in [-0.39, 0.29) is 0 Å². The van der Waals surface area contributed by atoms with Crippen LogP contribution in [0.1, 0.15) is 0 Å². The Bertz CT molecular complexity index is 890. The van der Waals surface area contributed by atoms with Gasteiger partial charge in [0.15, 0.2) is 0 Å². The standard InChI is InChI=1S/C21H17NS/c1-22(18-8-3-2-4-9-18)19-13-11-16(12-14-19)21-15-17-7-5-6-10-20(17)23-21/h2-15H,1H3. The zero-order valence-corrected chi connectivity index (χ0v) is 13.8. The SMILES string of the molecule is CN(c1ccccc1)c1ccc(-c2cc3ccccc3s2)cc1. The predicted molar refractivity (Wildman–Crippen MR) is 102 cm³/mol. The molecular formula is C21H17NS. The molecule has 0 aliphatic carbocycles. The van der Waals surface area contributed by atoms with Crippen LogP contribution in [0.3, 0.4) is 0 Å². The molecule has 23 heavy (non-hydrogen) atoms. The van der Waals surface area contributed by atoms with E-state index in [1.807, 2.05) is 17.4 Å². The maximum atomic E-state index is 2.27. The Kier molecular flexibility index (Phi) is 3.60. The van der Waals surface area contributed by atoms with Crippen LogP contribution in [0.15, 0.2) is 84.9 Å². The van der Waals surface area contributed by atoms with E-state index >= 15 is 0 Å². The summed E-state index contributed by atoms with van der Waals surface area (Å²) in [4.78, 5) is 3.52. The van der Waals surface area contributed by atoms with Gasteiger partial charge in [-0.1, -0.05) is 48.5 Å². The van der Waals surface area contributed by atoms with Crippen LogP contribution in [0, 0.1) is 0 Å². The number of benzene rings is 3. The van der Waals surface area contributed by atoms with Crippen LogP contribution in [0.2, 0.25) is 0 Å². The van der Waals surface area contributed by atoms with Crippen LogP contribution in [0.4, 0.5) is 11.4 Å². The summed E-state index contributed by atoms with van der Waals surface area (Å²) in [6.07, 6.45) is 0. The lowest BCUT2D eigenvalue weighted by Crippen LogP contribution is -2.08. The molecule has 0 N–H and O–H groups in total. The maximum absolute atomic E-state index is 2.27. The molecule has 1 aromatic heterocycles. The Morgan fingerprint density at radius 3 is 2.09 bits per heavy atom. The van der Waals surface area contributed by atoms with Gasteiger partial charge >= 0.3 is 0 Å². The summed E-state index contributed by atoms with van der Waals surface area (Å²) >= 11 is 1.85. The van der Waals surface area contributed by atoms with Gasteiger partial charge in [0.2, 0.25) is 0 Å². The van der Waals surface area contributed by atoms with Crippen molar-refractivity contribution in [2.75, 3.05) is 11.9 Å². The molecule has 1 heterocycles. The molecule has 0 saturated carbocycles. The first-order valence-corrected chi connectivity index (χ1v) is 8.51. The summed E-state index contributed by atoms with van der Waals surface area (Å²) in [6.45, 7) is 0. The van der Waals surface area contributed by atoms with Crippen molar-refractivity contribution < 1.29 is 0 Å². The molecule has 4 rings (SSSR count). The van der Waals surface area contributed by atoms with E-state index in [1.165, 1.54) is 31.9 Å². The van der Waals surface area contributed by atoms with E-state index < -0.39 is 0 Å². The number of anilines is 2. The Morgan fingerprint density at radius 2 is 1.35 bits per heavy atom. The van der Waals surface area contributed by atoms with Gasteiger partial charge in [0.1, 0.15) is 0 Å². The smallest absolute Gasteiger partial charge is 0.0408 e. The third-order valence-electron chi connectivity index (χ3n) is 4.11. The number of hydrogen-bond acceptors (Lipinski definition) is 2. The number of para-hydroxylation sites is 1. The largest absolute Gasteiger partial charge is 0.345 e. The lowest BCUT2D eigenvalue weighted by Gasteiger charge is -2.19. The summed E-state index contributed by atoms with van der Waals surface area (Å²) in [7, 11) is 2.10. The molecule has 3 aromatic carbocycles. The van der Waals surface area contributed by atoms with Gasteiger partial charge in [0.25, 0.3) is 0 Å². The lowest BCUT2D eigenvalue weighted by atomic mass is 10.1. The molecule has 1 nitrogen and oxygen atoms in total. The number of fused-ring (bicyclic) bond motifs is 1. The highest BCUT2D eigenvalue weighted by Crippen LogP contribution is 2.34. The van der Waals surface area contributed by atoms with Crippen LogP contribution < -0.4 is 4.90 Å². The summed E-state index contributed by atoms with van der Waals surface area (Å²) < 4.78 is 1.34. The first-order valence-electron chi connectivity index (χ1n) is 7.69. The van der Waals surface area contributed by atoms with Gasteiger partial charge in [0.05, 0.1) is 0 Å². The number of hydrogen-bond donors (Lipinski definition) is 0. The number of nitrogens with zero attached hydrogens (tertiary/aromatic N) is 1. The van der Waals surface area contributed by atoms with E-state index in [2.05, 4.69) is 90.8 Å². The van der Waals surface area contributed by atoms with Gasteiger partial charge in [-0.05, 0) is 47.3 Å². The van der Waals surface area contributed by atoms with Gasteiger partial charge in [-0.25, -0.2) is 0 Å². The molecule has 0 amide bonds. The van der Waals surface area contributed by atoms with Gasteiger partial charge in [-0.2, -0.15) is 0 Å². The van der Waals surface area contributed by atoms with Crippen molar-refractivity contribution in [3.63, 3.8) is 0 Å². The van der Waals surface area contributed by atoms with E-state index in [0.29, 0.717) is 0 Å². The fourth-order valence-corrected chi connectivity index (χ4v) is 3.84. The first kappa shape index (κ1) is 14.0. The predicted octanol–water partition coefficient (Wildman–Crippen LogP) is 6.34. The second-order valence-corrected chi connectivity index (χ2v) is 6.67. The first-order chi connectivity index (χ1) is 11.3. The number of rotatable bonds is 3. The summed E-state index contributed by atoms with van der Waals surface area (Å²) in [6, 6.07) is 30.0. The fourth-order valence-electron chi connectivity index (χ4n) is 2.77. The molecule has 112 valence electrons. The number of thiophene rings is 1. The van der Waals surface area contributed by atoms with E-state index in [9.17, 15) is 0 Å². The topological polar surface area (TPSA) is 3.24 Å². The Morgan fingerprint density at radius 1 is 0.696 bits per heavy atom. The van der Waals surface area contributed by atoms with Gasteiger partial charge in [-0.3, -0.25) is 0 Å². The van der Waals surface area contributed by atoms with Crippen molar-refractivity contribution in [2.45, 2.75) is 0 Å². The lowest BCUT2D eigenvalue weighted by molar-refractivity contribution is 1.21. The van der Waals surface area contributed by atoms with E-state index in [4.69, 9.17) is 0 Å². The van der Waals surface area contributed by atoms with Crippen molar-refractivity contribution in [3.8, 4) is 10.4 Å². The molecule has 0 radical (unpaired) electrons. The van der Waals surface area contributed by atoms with Crippen molar-refractivity contribution in [2.24, 2.45) is 0 Å². The van der Waals surface area contributed by atoms with Gasteiger partial charge in [0, 0.05) is 28.0 Å². The molecule has 0 aliphatic heterocycles. The van der Waals surface area contributed by atoms with Crippen molar-refractivity contribution >= 4 is 32.8 Å². The van der Waals surface area contributed by atoms with Crippen molar-refractivity contribution in [1.82, 2.24) is 0 Å². The van der Waals surface area contributed by atoms with Gasteiger partial charge < -0.3 is 4.90 Å². The Hall–Kier alpha value is -2.58. The maximum Gasteiger partial charge on any atom is 0.0408 e. The normalized spacial score (nSPS) is 10.8. The molecule has 0 unspecified atom stereocenters. The molecule has 2 heteroatoms. The Balaban J connectivity index is 1.65. The second kappa shape index (κ2) is 5.90. The summed E-state index contributed by atoms with van der Waals surface area (Å²) in [5.41, 5.74) is 3.67. The van der Waals surface area contributed by atoms with Crippen LogP contribution >= 0.6 is 11.3 Å². The van der Waals surface area contributed by atoms with E-state index in [1.54, 1.807) is 0 Å². The minimum Gasteiger partial charge on any atom is -0.345 e. The minimum absolute atomic E-state index is 1.20. The second-order valence-electron chi connectivity index (χ2n) is 5.59. The minimum atomic E-state index is 1.20. The summed E-state index contributed by atoms with van der Waals surface area (Å²) in [5, 5.41) is 1.32. The fraction of sp³-hybridized carbons (Fsp3) is 0.0476. The van der Waals surface area contributed by atoms with Crippen LogP contribution in [0.5, 0.6) is 0 Å². The highest BCUT2D eigenvalue weighted by molar-refractivity contribution is 7.22. The third-order valence-corrected chi connectivity index (χ3v) is 5.27. The van der Waals surface area contributed by atoms with Gasteiger partial charge in [-0.15, -0.1) is 11.3 Å². The van der Waals surface area contributed by atoms with Crippen molar-refractivity contribution in [3.05, 3.63) is 84.9 Å². The molecule has 0 saturated heterocycles. The average molecular weight is 315 g/mol. The zero-order valence-electron chi connectivity index (χ0n) is 12.9. The van der Waals surface area contributed by atoms with E-state index in [0.717, 1.165) is 0 Å². The zero-order chi connectivity index (χ0) is 15.6. The summed E-state index contributed by atoms with van der Waals surface area (Å²) in [5.74, 6) is 0. The molecule has 4 aromatic rings. The highest BCUT2D eigenvalue weighted by Gasteiger charge is 2.06. The molecule has 0 spiro atoms. The Labute approximate surface area is 140 Å². The van der Waals surface area contributed by atoms with Crippen LogP contribution in [-0.4, -0.2) is 7.05 Å². The highest BCUT2D eigenvalue weighted by atomic mass is 32.1. The third kappa shape index (κ3) is 2.73. The average Bonchev–Trinajstić information content (AvgIpc) is 3.06. The van der Waals surface area contributed by atoms with Crippen LogP contribution in [0.25, 0.3) is 20.5 Å². The monoisotopic (exact) mass is 315 g/mol. The molecule has 0 aliphatic rings. The van der Waals surface area contributed by atoms with Crippen molar-refractivity contribution in [1.29, 1.82) is 0 Å². The molecule has 0 bridgehead atoms. The molecule has 0 atom stereocenters. The molecular weight excluding hydrogens is 298 g/mol. The molecule has 0 fully saturated rings. The van der Waals surface area contributed by atoms with Crippen LogP contribution in [-0.2, 0) is 0 Å². The quantitative estimate of drug-likeness (QED) is 0.426.